The van der Waals surface area contributed by atoms with Gasteiger partial charge in [0.2, 0.25) is 0 Å². The van der Waals surface area contributed by atoms with E-state index in [0.29, 0.717) is 5.58 Å². The van der Waals surface area contributed by atoms with Crippen LogP contribution in [0, 0.1) is 0 Å². The van der Waals surface area contributed by atoms with Gasteiger partial charge in [-0.2, -0.15) is 13.2 Å². The summed E-state index contributed by atoms with van der Waals surface area (Å²) < 4.78 is 36.9. The molecule has 2 rings (SSSR count). The number of hydrogen-bond donors (Lipinski definition) is 2. The lowest BCUT2D eigenvalue weighted by atomic mass is 10.2. The molecule has 0 radical (unpaired) electrons. The lowest BCUT2D eigenvalue weighted by Gasteiger charge is -1.93. The van der Waals surface area contributed by atoms with Gasteiger partial charge in [0, 0.05) is 5.39 Å². The average Bonchev–Trinajstić information content (AvgIpc) is 2.72. The van der Waals surface area contributed by atoms with Gasteiger partial charge in [-0.15, -0.1) is 0 Å². The van der Waals surface area contributed by atoms with Crippen molar-refractivity contribution >= 4 is 22.8 Å². The maximum absolute atomic E-state index is 10.7. The first-order valence-corrected chi connectivity index (χ1v) is 4.80. The molecule has 0 saturated carbocycles. The Morgan fingerprint density at radius 3 is 2.16 bits per heavy atom. The van der Waals surface area contributed by atoms with E-state index in [1.54, 1.807) is 12.1 Å². The largest absolute Gasteiger partial charge is 0.490 e. The minimum absolute atomic E-state index is 0.205. The van der Waals surface area contributed by atoms with E-state index in [1.165, 1.54) is 0 Å². The van der Waals surface area contributed by atoms with Crippen molar-refractivity contribution in [3.05, 3.63) is 36.1 Å². The van der Waals surface area contributed by atoms with Crippen molar-refractivity contribution in [3.8, 4) is 0 Å². The van der Waals surface area contributed by atoms with Crippen LogP contribution < -0.4 is 5.73 Å². The summed E-state index contributed by atoms with van der Waals surface area (Å²) in [5.41, 5.74) is 5.73. The summed E-state index contributed by atoms with van der Waals surface area (Å²) in [5.74, 6) is -3.09. The molecule has 8 heteroatoms. The van der Waals surface area contributed by atoms with Crippen molar-refractivity contribution in [2.45, 2.75) is 6.18 Å². The van der Waals surface area contributed by atoms with E-state index >= 15 is 0 Å². The van der Waals surface area contributed by atoms with E-state index in [9.17, 15) is 18.0 Å². The van der Waals surface area contributed by atoms with Crippen LogP contribution in [0.2, 0.25) is 0 Å². The lowest BCUT2D eigenvalue weighted by Crippen LogP contribution is -2.21. The molecule has 0 aliphatic carbocycles. The molecule has 1 aromatic heterocycles. The van der Waals surface area contributed by atoms with Crippen LogP contribution >= 0.6 is 0 Å². The quantitative estimate of drug-likeness (QED) is 0.833. The molecule has 2 aromatic rings. The van der Waals surface area contributed by atoms with Gasteiger partial charge in [-0.3, -0.25) is 4.79 Å². The number of fused-ring (bicyclic) bond motifs is 1. The summed E-state index contributed by atoms with van der Waals surface area (Å²) in [7, 11) is 0. The molecule has 0 saturated heterocycles. The number of aliphatic carboxylic acids is 1. The van der Waals surface area contributed by atoms with E-state index in [1.807, 2.05) is 18.2 Å². The van der Waals surface area contributed by atoms with Gasteiger partial charge in [0.25, 0.3) is 5.91 Å². The van der Waals surface area contributed by atoms with Crippen LogP contribution in [-0.4, -0.2) is 23.2 Å². The normalized spacial score (nSPS) is 10.7. The SMILES string of the molecule is NC(=O)c1cc2ccccc2o1.O=C(O)C(F)(F)F. The number of carboxylic acid groups (broad SMARTS) is 1. The van der Waals surface area contributed by atoms with E-state index < -0.39 is 18.1 Å². The van der Waals surface area contributed by atoms with Gasteiger partial charge < -0.3 is 15.3 Å². The van der Waals surface area contributed by atoms with Crippen LogP contribution in [0.3, 0.4) is 0 Å². The number of primary amides is 1. The highest BCUT2D eigenvalue weighted by Gasteiger charge is 2.38. The zero-order valence-corrected chi connectivity index (χ0v) is 9.27. The second-order valence-corrected chi connectivity index (χ2v) is 3.32. The second kappa shape index (κ2) is 5.42. The Morgan fingerprint density at radius 1 is 1.21 bits per heavy atom. The summed E-state index contributed by atoms with van der Waals surface area (Å²) in [4.78, 5) is 19.6. The number of furan rings is 1. The Labute approximate surface area is 104 Å². The number of rotatable bonds is 1. The summed E-state index contributed by atoms with van der Waals surface area (Å²) in [6, 6.07) is 9.02. The smallest absolute Gasteiger partial charge is 0.475 e. The van der Waals surface area contributed by atoms with Crippen LogP contribution in [0.4, 0.5) is 13.2 Å². The fourth-order valence-electron chi connectivity index (χ4n) is 1.10. The maximum atomic E-state index is 10.7. The van der Waals surface area contributed by atoms with Crippen LogP contribution in [0.1, 0.15) is 10.6 Å². The van der Waals surface area contributed by atoms with Crippen molar-refractivity contribution in [1.29, 1.82) is 0 Å². The van der Waals surface area contributed by atoms with Crippen LogP contribution in [0.5, 0.6) is 0 Å². The molecular formula is C11H8F3NO4. The summed E-state index contributed by atoms with van der Waals surface area (Å²) in [5, 5.41) is 8.02. The minimum atomic E-state index is -5.08. The monoisotopic (exact) mass is 275 g/mol. The zero-order chi connectivity index (χ0) is 14.6. The molecule has 0 aliphatic heterocycles. The first kappa shape index (κ1) is 14.6. The molecule has 0 spiro atoms. The number of alkyl halides is 3. The van der Waals surface area contributed by atoms with Crippen molar-refractivity contribution in [3.63, 3.8) is 0 Å². The van der Waals surface area contributed by atoms with Gasteiger partial charge in [0.05, 0.1) is 0 Å². The van der Waals surface area contributed by atoms with Crippen molar-refractivity contribution < 1.29 is 32.3 Å². The van der Waals surface area contributed by atoms with Crippen molar-refractivity contribution in [2.75, 3.05) is 0 Å². The molecule has 102 valence electrons. The Bertz CT molecular complexity index is 570. The molecule has 0 aliphatic rings. The molecule has 0 atom stereocenters. The molecule has 3 N–H and O–H groups in total. The van der Waals surface area contributed by atoms with Crippen molar-refractivity contribution in [1.82, 2.24) is 0 Å². The average molecular weight is 275 g/mol. The van der Waals surface area contributed by atoms with Crippen LogP contribution in [0.15, 0.2) is 34.7 Å². The number of carbonyl (C=O) groups is 2. The molecule has 1 amide bonds. The Kier molecular flexibility index (Phi) is 4.15. The summed E-state index contributed by atoms with van der Waals surface area (Å²) >= 11 is 0. The maximum Gasteiger partial charge on any atom is 0.490 e. The Hall–Kier alpha value is -2.51. The number of benzene rings is 1. The zero-order valence-electron chi connectivity index (χ0n) is 9.27. The third-order valence-corrected chi connectivity index (χ3v) is 1.91. The van der Waals surface area contributed by atoms with E-state index in [-0.39, 0.29) is 5.76 Å². The fourth-order valence-corrected chi connectivity index (χ4v) is 1.10. The fraction of sp³-hybridized carbons (Fsp3) is 0.0909. The Morgan fingerprint density at radius 2 is 1.74 bits per heavy atom. The number of halogens is 3. The van der Waals surface area contributed by atoms with Crippen molar-refractivity contribution in [2.24, 2.45) is 5.73 Å². The standard InChI is InChI=1S/C9H7NO2.C2HF3O2/c10-9(11)8-5-6-3-1-2-4-7(6)12-8;3-2(4,5)1(6)7/h1-5H,(H2,10,11);(H,6,7). The molecule has 1 aromatic carbocycles. The number of nitrogens with two attached hydrogens (primary N) is 1. The van der Waals surface area contributed by atoms with Gasteiger partial charge in [0.1, 0.15) is 5.58 Å². The van der Waals surface area contributed by atoms with Gasteiger partial charge in [0.15, 0.2) is 5.76 Å². The number of para-hydroxylation sites is 1. The first-order valence-electron chi connectivity index (χ1n) is 4.80. The molecular weight excluding hydrogens is 267 g/mol. The molecule has 5 nitrogen and oxygen atoms in total. The van der Waals surface area contributed by atoms with Crippen LogP contribution in [0.25, 0.3) is 11.0 Å². The highest BCUT2D eigenvalue weighted by atomic mass is 19.4. The molecule has 1 heterocycles. The molecule has 0 unspecified atom stereocenters. The highest BCUT2D eigenvalue weighted by Crippen LogP contribution is 2.17. The van der Waals surface area contributed by atoms with E-state index in [0.717, 1.165) is 5.39 Å². The Balaban J connectivity index is 0.000000224. The molecule has 0 fully saturated rings. The number of amides is 1. The topological polar surface area (TPSA) is 93.5 Å². The first-order chi connectivity index (χ1) is 8.71. The number of carbonyl (C=O) groups excluding carboxylic acids is 1. The van der Waals surface area contributed by atoms with Crippen LogP contribution in [-0.2, 0) is 4.79 Å². The van der Waals surface area contributed by atoms with E-state index in [4.69, 9.17) is 20.1 Å². The third kappa shape index (κ3) is 4.02. The second-order valence-electron chi connectivity index (χ2n) is 3.32. The van der Waals surface area contributed by atoms with Gasteiger partial charge >= 0.3 is 12.1 Å². The van der Waals surface area contributed by atoms with Gasteiger partial charge in [-0.05, 0) is 12.1 Å². The predicted molar refractivity (Wildman–Crippen MR) is 58.4 cm³/mol. The third-order valence-electron chi connectivity index (χ3n) is 1.91. The molecule has 0 bridgehead atoms. The summed E-state index contributed by atoms with van der Waals surface area (Å²) in [6.45, 7) is 0. The van der Waals surface area contributed by atoms with E-state index in [2.05, 4.69) is 0 Å². The number of hydrogen-bond acceptors (Lipinski definition) is 3. The van der Waals surface area contributed by atoms with Gasteiger partial charge in [-0.25, -0.2) is 4.79 Å². The highest BCUT2D eigenvalue weighted by molar-refractivity contribution is 5.94. The number of carboxylic acids is 1. The summed E-state index contributed by atoms with van der Waals surface area (Å²) in [6.07, 6.45) is -5.08. The minimum Gasteiger partial charge on any atom is -0.475 e. The van der Waals surface area contributed by atoms with Gasteiger partial charge in [-0.1, -0.05) is 18.2 Å². The predicted octanol–water partition coefficient (Wildman–Crippen LogP) is 2.17. The lowest BCUT2D eigenvalue weighted by molar-refractivity contribution is -0.192. The molecule has 19 heavy (non-hydrogen) atoms.